The minimum Gasteiger partial charge on any atom is -0.371 e. The summed E-state index contributed by atoms with van der Waals surface area (Å²) in [5.74, 6) is 0.152. The van der Waals surface area contributed by atoms with E-state index in [1.165, 1.54) is 16.8 Å². The first-order valence-corrected chi connectivity index (χ1v) is 7.58. The highest BCUT2D eigenvalue weighted by molar-refractivity contribution is 7.07. The van der Waals surface area contributed by atoms with E-state index in [2.05, 4.69) is 33.9 Å². The van der Waals surface area contributed by atoms with Gasteiger partial charge in [-0.3, -0.25) is 4.79 Å². The van der Waals surface area contributed by atoms with Crippen LogP contribution in [0, 0.1) is 0 Å². The number of benzene rings is 1. The van der Waals surface area contributed by atoms with Crippen molar-refractivity contribution < 1.29 is 4.79 Å². The van der Waals surface area contributed by atoms with Gasteiger partial charge in [-0.2, -0.15) is 11.3 Å². The molecule has 0 radical (unpaired) electrons. The van der Waals surface area contributed by atoms with Gasteiger partial charge in [0.25, 0.3) is 0 Å². The number of hydrogen-bond donors (Lipinski definition) is 0. The zero-order valence-electron chi connectivity index (χ0n) is 11.1. The Morgan fingerprint density at radius 3 is 3.00 bits per heavy atom. The molecule has 19 heavy (non-hydrogen) atoms. The summed E-state index contributed by atoms with van der Waals surface area (Å²) in [5.41, 5.74) is 4.87. The fourth-order valence-electron chi connectivity index (χ4n) is 2.62. The summed E-state index contributed by atoms with van der Waals surface area (Å²) >= 11 is 1.76. The first kappa shape index (κ1) is 12.4. The van der Waals surface area contributed by atoms with Gasteiger partial charge in [-0.15, -0.1) is 0 Å². The van der Waals surface area contributed by atoms with Crippen LogP contribution in [0.25, 0.3) is 0 Å². The zero-order chi connectivity index (χ0) is 13.2. The molecule has 0 aliphatic carbocycles. The first-order valence-electron chi connectivity index (χ1n) is 6.64. The molecule has 98 valence electrons. The highest BCUT2D eigenvalue weighted by Crippen LogP contribution is 2.29. The second-order valence-corrected chi connectivity index (χ2v) is 5.80. The molecule has 0 N–H and O–H groups in total. The van der Waals surface area contributed by atoms with E-state index in [4.69, 9.17) is 0 Å². The number of anilines is 1. The van der Waals surface area contributed by atoms with Crippen molar-refractivity contribution in [3.8, 4) is 0 Å². The normalized spacial score (nSPS) is 13.6. The van der Waals surface area contributed by atoms with Gasteiger partial charge in [0.1, 0.15) is 0 Å². The van der Waals surface area contributed by atoms with Crippen LogP contribution in [0.15, 0.2) is 35.0 Å². The van der Waals surface area contributed by atoms with Gasteiger partial charge >= 0.3 is 0 Å². The number of ketones is 1. The molecule has 0 atom stereocenters. The first-order chi connectivity index (χ1) is 9.24. The molecule has 3 heteroatoms. The van der Waals surface area contributed by atoms with Crippen molar-refractivity contribution in [3.63, 3.8) is 0 Å². The van der Waals surface area contributed by atoms with Gasteiger partial charge in [-0.1, -0.05) is 0 Å². The van der Waals surface area contributed by atoms with Gasteiger partial charge in [0.2, 0.25) is 0 Å². The lowest BCUT2D eigenvalue weighted by molar-refractivity contribution is 0.101. The highest BCUT2D eigenvalue weighted by atomic mass is 32.1. The number of carbonyl (C=O) groups is 1. The Morgan fingerprint density at radius 1 is 1.37 bits per heavy atom. The minimum atomic E-state index is 0.152. The third-order valence-corrected chi connectivity index (χ3v) is 4.46. The van der Waals surface area contributed by atoms with Crippen LogP contribution in [0.3, 0.4) is 0 Å². The van der Waals surface area contributed by atoms with E-state index >= 15 is 0 Å². The number of carbonyl (C=O) groups excluding carboxylic acids is 1. The predicted octanol–water partition coefficient (Wildman–Crippen LogP) is 3.56. The van der Waals surface area contributed by atoms with Gasteiger partial charge in [0.05, 0.1) is 0 Å². The molecule has 0 amide bonds. The number of Topliss-reactive ketones (excluding diaryl/α,β-unsaturated/α-hetero) is 1. The van der Waals surface area contributed by atoms with Crippen LogP contribution in [0.1, 0.15) is 28.4 Å². The van der Waals surface area contributed by atoms with E-state index in [1.807, 2.05) is 6.07 Å². The minimum absolute atomic E-state index is 0.152. The van der Waals surface area contributed by atoms with Gasteiger partial charge in [0.15, 0.2) is 5.78 Å². The van der Waals surface area contributed by atoms with E-state index in [1.54, 1.807) is 18.3 Å². The van der Waals surface area contributed by atoms with Crippen molar-refractivity contribution in [1.29, 1.82) is 0 Å². The molecule has 1 aliphatic heterocycles. The molecule has 0 unspecified atom stereocenters. The average molecular weight is 271 g/mol. The van der Waals surface area contributed by atoms with Gasteiger partial charge in [-0.05, 0) is 65.9 Å². The quantitative estimate of drug-likeness (QED) is 0.793. The standard InChI is InChI=1S/C16H17NOS/c1-12(18)14-2-3-16-15(10-14)5-8-17(16)7-4-13-6-9-19-11-13/h2-3,6,9-11H,4-5,7-8H2,1H3. The number of nitrogens with zero attached hydrogens (tertiary/aromatic N) is 1. The van der Waals surface area contributed by atoms with Gasteiger partial charge in [0, 0.05) is 24.3 Å². The number of rotatable bonds is 4. The van der Waals surface area contributed by atoms with Crippen LogP contribution in [0.2, 0.25) is 0 Å². The SMILES string of the molecule is CC(=O)c1ccc2c(c1)CCN2CCc1ccsc1. The maximum Gasteiger partial charge on any atom is 0.159 e. The van der Waals surface area contributed by atoms with E-state index in [-0.39, 0.29) is 5.78 Å². The number of hydrogen-bond acceptors (Lipinski definition) is 3. The largest absolute Gasteiger partial charge is 0.371 e. The lowest BCUT2D eigenvalue weighted by atomic mass is 10.1. The Kier molecular flexibility index (Phi) is 3.38. The van der Waals surface area contributed by atoms with Crippen molar-refractivity contribution in [3.05, 3.63) is 51.7 Å². The topological polar surface area (TPSA) is 20.3 Å². The van der Waals surface area contributed by atoms with E-state index in [0.717, 1.165) is 31.5 Å². The van der Waals surface area contributed by atoms with Crippen LogP contribution >= 0.6 is 11.3 Å². The van der Waals surface area contributed by atoms with Crippen molar-refractivity contribution in [2.75, 3.05) is 18.0 Å². The summed E-state index contributed by atoms with van der Waals surface area (Å²) in [6.07, 6.45) is 2.15. The Bertz CT molecular complexity index is 589. The van der Waals surface area contributed by atoms with Crippen LogP contribution in [0.4, 0.5) is 5.69 Å². The zero-order valence-corrected chi connectivity index (χ0v) is 11.9. The second kappa shape index (κ2) is 5.17. The molecule has 0 bridgehead atoms. The average Bonchev–Trinajstić information content (AvgIpc) is 3.05. The fraction of sp³-hybridized carbons (Fsp3) is 0.312. The van der Waals surface area contributed by atoms with Crippen LogP contribution < -0.4 is 4.90 Å². The molecular weight excluding hydrogens is 254 g/mol. The van der Waals surface area contributed by atoms with Crippen molar-refractivity contribution in [2.24, 2.45) is 0 Å². The molecule has 1 aromatic carbocycles. The van der Waals surface area contributed by atoms with E-state index < -0.39 is 0 Å². The lowest BCUT2D eigenvalue weighted by Gasteiger charge is -2.19. The third kappa shape index (κ3) is 2.56. The Balaban J connectivity index is 1.73. The molecule has 1 aromatic heterocycles. The lowest BCUT2D eigenvalue weighted by Crippen LogP contribution is -2.23. The Labute approximate surface area is 117 Å². The molecular formula is C16H17NOS. The van der Waals surface area contributed by atoms with E-state index in [9.17, 15) is 4.79 Å². The maximum absolute atomic E-state index is 11.4. The maximum atomic E-state index is 11.4. The van der Waals surface area contributed by atoms with Crippen LogP contribution in [-0.2, 0) is 12.8 Å². The monoisotopic (exact) mass is 271 g/mol. The molecule has 3 rings (SSSR count). The summed E-state index contributed by atoms with van der Waals surface area (Å²) in [6, 6.07) is 8.31. The Hall–Kier alpha value is -1.61. The molecule has 0 spiro atoms. The molecule has 0 saturated heterocycles. The molecule has 0 fully saturated rings. The summed E-state index contributed by atoms with van der Waals surface area (Å²) in [7, 11) is 0. The number of thiophene rings is 1. The summed E-state index contributed by atoms with van der Waals surface area (Å²) in [5, 5.41) is 4.35. The summed E-state index contributed by atoms with van der Waals surface area (Å²) in [4.78, 5) is 13.8. The molecule has 2 aromatic rings. The highest BCUT2D eigenvalue weighted by Gasteiger charge is 2.19. The second-order valence-electron chi connectivity index (χ2n) is 5.02. The molecule has 0 saturated carbocycles. The fourth-order valence-corrected chi connectivity index (χ4v) is 3.32. The Morgan fingerprint density at radius 2 is 2.26 bits per heavy atom. The van der Waals surface area contributed by atoms with Crippen molar-refractivity contribution in [2.45, 2.75) is 19.8 Å². The van der Waals surface area contributed by atoms with Crippen molar-refractivity contribution >= 4 is 22.8 Å². The van der Waals surface area contributed by atoms with Crippen LogP contribution in [-0.4, -0.2) is 18.9 Å². The van der Waals surface area contributed by atoms with E-state index in [0.29, 0.717) is 0 Å². The van der Waals surface area contributed by atoms with Gasteiger partial charge in [-0.25, -0.2) is 0 Å². The van der Waals surface area contributed by atoms with Crippen LogP contribution in [0.5, 0.6) is 0 Å². The smallest absolute Gasteiger partial charge is 0.159 e. The molecule has 2 heterocycles. The molecule has 1 aliphatic rings. The van der Waals surface area contributed by atoms with Crippen molar-refractivity contribution in [1.82, 2.24) is 0 Å². The number of fused-ring (bicyclic) bond motifs is 1. The van der Waals surface area contributed by atoms with Gasteiger partial charge < -0.3 is 4.90 Å². The predicted molar refractivity (Wildman–Crippen MR) is 80.4 cm³/mol. The summed E-state index contributed by atoms with van der Waals surface area (Å²) in [6.45, 7) is 3.76. The molecule has 2 nitrogen and oxygen atoms in total. The third-order valence-electron chi connectivity index (χ3n) is 3.73. The summed E-state index contributed by atoms with van der Waals surface area (Å²) < 4.78 is 0.